The Morgan fingerprint density at radius 1 is 1.31 bits per heavy atom. The summed E-state index contributed by atoms with van der Waals surface area (Å²) in [5.74, 6) is 2.06. The van der Waals surface area contributed by atoms with E-state index in [4.69, 9.17) is 0 Å². The van der Waals surface area contributed by atoms with Gasteiger partial charge in [0.05, 0.1) is 5.69 Å². The van der Waals surface area contributed by atoms with E-state index in [2.05, 4.69) is 43.5 Å². The van der Waals surface area contributed by atoms with Crippen LogP contribution in [0.4, 0.5) is 5.82 Å². The van der Waals surface area contributed by atoms with E-state index in [1.165, 1.54) is 0 Å². The quantitative estimate of drug-likeness (QED) is 0.780. The minimum Gasteiger partial charge on any atom is -0.356 e. The minimum atomic E-state index is 0.0241. The molecule has 1 amide bonds. The van der Waals surface area contributed by atoms with Crippen molar-refractivity contribution >= 4 is 17.5 Å². The lowest BCUT2D eigenvalue weighted by atomic mass is 9.98. The highest BCUT2D eigenvalue weighted by Gasteiger charge is 2.23. The Morgan fingerprint density at radius 2 is 2.15 bits per heavy atom. The number of aromatic nitrogens is 4. The van der Waals surface area contributed by atoms with Gasteiger partial charge in [-0.1, -0.05) is 30.3 Å². The zero-order valence-corrected chi connectivity index (χ0v) is 14.8. The van der Waals surface area contributed by atoms with Crippen molar-refractivity contribution in [2.24, 2.45) is 5.92 Å². The molecule has 0 radical (unpaired) electrons. The first-order valence-electron chi connectivity index (χ1n) is 8.96. The van der Waals surface area contributed by atoms with Gasteiger partial charge >= 0.3 is 0 Å². The number of fused-ring (bicyclic) bond motifs is 1. The molecule has 26 heavy (non-hydrogen) atoms. The molecule has 7 heteroatoms. The van der Waals surface area contributed by atoms with E-state index in [1.54, 1.807) is 17.8 Å². The monoisotopic (exact) mass is 350 g/mol. The molecule has 4 rings (SSSR count). The molecule has 1 saturated heterocycles. The molecule has 1 N–H and O–H groups in total. The lowest BCUT2D eigenvalue weighted by Gasteiger charge is -2.34. The smallest absolute Gasteiger partial charge is 0.254 e. The van der Waals surface area contributed by atoms with Crippen molar-refractivity contribution in [3.63, 3.8) is 0 Å². The second kappa shape index (κ2) is 7.11. The Balaban J connectivity index is 1.66. The van der Waals surface area contributed by atoms with E-state index >= 15 is 0 Å². The van der Waals surface area contributed by atoms with E-state index in [9.17, 15) is 4.79 Å². The van der Waals surface area contributed by atoms with E-state index in [1.807, 2.05) is 18.2 Å². The Kier molecular flexibility index (Phi) is 4.51. The third-order valence-corrected chi connectivity index (χ3v) is 4.79. The molecule has 0 aliphatic carbocycles. The van der Waals surface area contributed by atoms with Crippen molar-refractivity contribution in [2.45, 2.75) is 19.8 Å². The number of hydrogen-bond acceptors (Lipinski definition) is 5. The maximum absolute atomic E-state index is 11.2. The average molecular weight is 350 g/mol. The van der Waals surface area contributed by atoms with Crippen LogP contribution in [0.3, 0.4) is 0 Å². The lowest BCUT2D eigenvalue weighted by molar-refractivity contribution is -0.119. The largest absolute Gasteiger partial charge is 0.356 e. The Labute approximate surface area is 152 Å². The normalized spacial score (nSPS) is 17.4. The van der Waals surface area contributed by atoms with E-state index in [-0.39, 0.29) is 5.91 Å². The van der Waals surface area contributed by atoms with Gasteiger partial charge in [0.25, 0.3) is 5.78 Å². The van der Waals surface area contributed by atoms with Gasteiger partial charge in [-0.05, 0) is 18.8 Å². The highest BCUT2D eigenvalue weighted by atomic mass is 16.1. The van der Waals surface area contributed by atoms with Crippen molar-refractivity contribution in [3.05, 3.63) is 42.7 Å². The van der Waals surface area contributed by atoms with Crippen molar-refractivity contribution in [1.82, 2.24) is 24.9 Å². The van der Waals surface area contributed by atoms with E-state index < -0.39 is 0 Å². The molecule has 1 aliphatic rings. The van der Waals surface area contributed by atoms with Crippen LogP contribution in [0.15, 0.2) is 42.7 Å². The molecule has 0 spiro atoms. The average Bonchev–Trinajstić information content (AvgIpc) is 3.15. The van der Waals surface area contributed by atoms with Crippen LogP contribution < -0.4 is 10.2 Å². The number of rotatable bonds is 4. The predicted molar refractivity (Wildman–Crippen MR) is 99.8 cm³/mol. The number of carbonyl (C=O) groups is 1. The van der Waals surface area contributed by atoms with Gasteiger partial charge in [-0.3, -0.25) is 4.79 Å². The molecule has 0 bridgehead atoms. The SMILES string of the molecule is CC(=O)NCC1CCCN(c2cc(-c3ccccc3)nc3ncnn23)C1. The summed E-state index contributed by atoms with van der Waals surface area (Å²) in [5, 5.41) is 7.30. The fraction of sp³-hybridized carbons (Fsp3) is 0.368. The van der Waals surface area contributed by atoms with Crippen molar-refractivity contribution < 1.29 is 4.79 Å². The molecule has 134 valence electrons. The first-order valence-corrected chi connectivity index (χ1v) is 8.96. The highest BCUT2D eigenvalue weighted by Crippen LogP contribution is 2.27. The molecular formula is C19H22N6O. The van der Waals surface area contributed by atoms with Crippen LogP contribution in [-0.4, -0.2) is 45.1 Å². The number of benzene rings is 1. The number of hydrogen-bond donors (Lipinski definition) is 1. The zero-order valence-electron chi connectivity index (χ0n) is 14.8. The number of nitrogens with zero attached hydrogens (tertiary/aromatic N) is 5. The number of anilines is 1. The lowest BCUT2D eigenvalue weighted by Crippen LogP contribution is -2.41. The third kappa shape index (κ3) is 3.37. The third-order valence-electron chi connectivity index (χ3n) is 4.79. The topological polar surface area (TPSA) is 75.4 Å². The highest BCUT2D eigenvalue weighted by molar-refractivity contribution is 5.72. The van der Waals surface area contributed by atoms with Gasteiger partial charge < -0.3 is 10.2 Å². The van der Waals surface area contributed by atoms with Gasteiger partial charge in [0.1, 0.15) is 12.1 Å². The summed E-state index contributed by atoms with van der Waals surface area (Å²) in [4.78, 5) is 22.5. The summed E-state index contributed by atoms with van der Waals surface area (Å²) in [5.41, 5.74) is 1.95. The van der Waals surface area contributed by atoms with Crippen LogP contribution in [0.5, 0.6) is 0 Å². The van der Waals surface area contributed by atoms with Crippen LogP contribution in [0.1, 0.15) is 19.8 Å². The zero-order chi connectivity index (χ0) is 17.9. The second-order valence-corrected chi connectivity index (χ2v) is 6.73. The first kappa shape index (κ1) is 16.5. The van der Waals surface area contributed by atoms with Gasteiger partial charge in [0.2, 0.25) is 5.91 Å². The number of piperidine rings is 1. The molecule has 1 fully saturated rings. The fourth-order valence-corrected chi connectivity index (χ4v) is 3.51. The Bertz CT molecular complexity index is 907. The Hall–Kier alpha value is -2.96. The first-order chi connectivity index (χ1) is 12.7. The molecule has 1 unspecified atom stereocenters. The molecule has 0 saturated carbocycles. The van der Waals surface area contributed by atoms with Gasteiger partial charge in [0, 0.05) is 38.2 Å². The Morgan fingerprint density at radius 3 is 2.96 bits per heavy atom. The van der Waals surface area contributed by atoms with Crippen molar-refractivity contribution in [1.29, 1.82) is 0 Å². The van der Waals surface area contributed by atoms with Crippen LogP contribution in [0.25, 0.3) is 17.0 Å². The van der Waals surface area contributed by atoms with Crippen LogP contribution in [0, 0.1) is 5.92 Å². The summed E-state index contributed by atoms with van der Waals surface area (Å²) in [7, 11) is 0. The van der Waals surface area contributed by atoms with Gasteiger partial charge in [0.15, 0.2) is 0 Å². The van der Waals surface area contributed by atoms with Crippen molar-refractivity contribution in [3.8, 4) is 11.3 Å². The summed E-state index contributed by atoms with van der Waals surface area (Å²) < 4.78 is 1.80. The van der Waals surface area contributed by atoms with Gasteiger partial charge in [-0.2, -0.15) is 14.6 Å². The standard InChI is InChI=1S/C19H22N6O/c1-14(26)20-11-15-6-5-9-24(12-15)18-10-17(16-7-3-2-4-8-16)23-19-21-13-22-25(18)19/h2-4,7-8,10,13,15H,5-6,9,11-12H2,1H3,(H,20,26). The molecule has 1 aromatic carbocycles. The predicted octanol–water partition coefficient (Wildman–Crippen LogP) is 2.14. The van der Waals surface area contributed by atoms with Crippen LogP contribution in [0.2, 0.25) is 0 Å². The summed E-state index contributed by atoms with van der Waals surface area (Å²) in [6.07, 6.45) is 3.75. The minimum absolute atomic E-state index is 0.0241. The number of nitrogens with one attached hydrogen (secondary N) is 1. The van der Waals surface area contributed by atoms with Crippen LogP contribution in [-0.2, 0) is 4.79 Å². The summed E-state index contributed by atoms with van der Waals surface area (Å²) in [6, 6.07) is 12.2. The van der Waals surface area contributed by atoms with E-state index in [0.717, 1.165) is 43.0 Å². The molecule has 3 aromatic rings. The maximum Gasteiger partial charge on any atom is 0.254 e. The van der Waals surface area contributed by atoms with Gasteiger partial charge in [-0.25, -0.2) is 4.98 Å². The van der Waals surface area contributed by atoms with Crippen LogP contribution >= 0.6 is 0 Å². The molecule has 3 heterocycles. The molecule has 1 aliphatic heterocycles. The summed E-state index contributed by atoms with van der Waals surface area (Å²) in [6.45, 7) is 4.12. The molecule has 7 nitrogen and oxygen atoms in total. The fourth-order valence-electron chi connectivity index (χ4n) is 3.51. The van der Waals surface area contributed by atoms with Crippen molar-refractivity contribution in [2.75, 3.05) is 24.5 Å². The number of carbonyl (C=O) groups excluding carboxylic acids is 1. The van der Waals surface area contributed by atoms with E-state index in [0.29, 0.717) is 18.2 Å². The maximum atomic E-state index is 11.2. The molecular weight excluding hydrogens is 328 g/mol. The summed E-state index contributed by atoms with van der Waals surface area (Å²) >= 11 is 0. The van der Waals surface area contributed by atoms with Gasteiger partial charge in [-0.15, -0.1) is 0 Å². The second-order valence-electron chi connectivity index (χ2n) is 6.73. The molecule has 1 atom stereocenters. The molecule has 2 aromatic heterocycles. The number of amides is 1.